The van der Waals surface area contributed by atoms with Gasteiger partial charge in [0.05, 0.1) is 0 Å². The summed E-state index contributed by atoms with van der Waals surface area (Å²) < 4.78 is 5.73. The maximum atomic E-state index is 5.73. The molecule has 1 N–H and O–H groups in total. The Morgan fingerprint density at radius 1 is 1.00 bits per heavy atom. The van der Waals surface area contributed by atoms with E-state index in [2.05, 4.69) is 56.4 Å². The fourth-order valence-corrected chi connectivity index (χ4v) is 2.12. The number of hydrogen-bond acceptors (Lipinski definition) is 2. The van der Waals surface area contributed by atoms with Gasteiger partial charge in [-0.3, -0.25) is 0 Å². The van der Waals surface area contributed by atoms with E-state index in [-0.39, 0.29) is 0 Å². The molecule has 20 heavy (non-hydrogen) atoms. The van der Waals surface area contributed by atoms with Gasteiger partial charge in [0.15, 0.2) is 0 Å². The molecule has 0 amide bonds. The molecule has 2 aromatic carbocycles. The average molecular weight is 269 g/mol. The van der Waals surface area contributed by atoms with Crippen molar-refractivity contribution >= 4 is 5.69 Å². The summed E-state index contributed by atoms with van der Waals surface area (Å²) in [5.74, 6) is 0.935. The lowest BCUT2D eigenvalue weighted by Gasteiger charge is -2.12. The average Bonchev–Trinajstić information content (AvgIpc) is 2.48. The topological polar surface area (TPSA) is 21.3 Å². The number of rotatable bonds is 6. The van der Waals surface area contributed by atoms with Gasteiger partial charge >= 0.3 is 0 Å². The summed E-state index contributed by atoms with van der Waals surface area (Å²) in [6.45, 7) is 7.90. The van der Waals surface area contributed by atoms with Crippen LogP contribution in [-0.2, 0) is 6.42 Å². The molecule has 2 nitrogen and oxygen atoms in total. The molecule has 0 radical (unpaired) electrons. The van der Waals surface area contributed by atoms with E-state index in [0.29, 0.717) is 6.61 Å². The van der Waals surface area contributed by atoms with Gasteiger partial charge in [-0.25, -0.2) is 0 Å². The summed E-state index contributed by atoms with van der Waals surface area (Å²) in [6, 6.07) is 14.6. The van der Waals surface area contributed by atoms with Crippen molar-refractivity contribution in [3.8, 4) is 5.75 Å². The van der Waals surface area contributed by atoms with Gasteiger partial charge in [-0.05, 0) is 55.2 Å². The molecule has 0 saturated carbocycles. The van der Waals surface area contributed by atoms with E-state index in [1.807, 2.05) is 12.1 Å². The van der Waals surface area contributed by atoms with Crippen LogP contribution in [0.3, 0.4) is 0 Å². The normalized spacial score (nSPS) is 10.3. The quantitative estimate of drug-likeness (QED) is 0.787. The van der Waals surface area contributed by atoms with Crippen LogP contribution >= 0.6 is 0 Å². The molecule has 0 spiro atoms. The van der Waals surface area contributed by atoms with Crippen molar-refractivity contribution in [1.29, 1.82) is 0 Å². The Labute approximate surface area is 121 Å². The molecule has 0 unspecified atom stereocenters. The predicted octanol–water partition coefficient (Wildman–Crippen LogP) is 4.36. The largest absolute Gasteiger partial charge is 0.492 e. The number of ether oxygens (including phenoxy) is 1. The molecule has 0 aliphatic carbocycles. The van der Waals surface area contributed by atoms with Crippen molar-refractivity contribution in [2.75, 3.05) is 18.5 Å². The van der Waals surface area contributed by atoms with Gasteiger partial charge in [0.1, 0.15) is 12.4 Å². The summed E-state index contributed by atoms with van der Waals surface area (Å²) in [5, 5.41) is 3.42. The van der Waals surface area contributed by atoms with E-state index in [1.165, 1.54) is 22.4 Å². The summed E-state index contributed by atoms with van der Waals surface area (Å²) in [4.78, 5) is 0. The Bertz CT molecular complexity index is 546. The van der Waals surface area contributed by atoms with Crippen LogP contribution in [0.25, 0.3) is 0 Å². The zero-order valence-corrected chi connectivity index (χ0v) is 12.6. The third-order valence-corrected chi connectivity index (χ3v) is 3.62. The number of anilines is 1. The number of nitrogens with one attached hydrogen (secondary N) is 1. The minimum Gasteiger partial charge on any atom is -0.492 e. The summed E-state index contributed by atoms with van der Waals surface area (Å²) in [7, 11) is 0. The molecule has 0 aliphatic heterocycles. The van der Waals surface area contributed by atoms with Crippen LogP contribution in [0.4, 0.5) is 5.69 Å². The van der Waals surface area contributed by atoms with E-state index in [0.717, 1.165) is 18.7 Å². The van der Waals surface area contributed by atoms with Crippen LogP contribution in [0.5, 0.6) is 5.75 Å². The van der Waals surface area contributed by atoms with Crippen molar-refractivity contribution < 1.29 is 4.74 Å². The molecule has 106 valence electrons. The Morgan fingerprint density at radius 3 is 2.45 bits per heavy atom. The lowest BCUT2D eigenvalue weighted by atomic mass is 10.1. The van der Waals surface area contributed by atoms with Gasteiger partial charge in [-0.2, -0.15) is 0 Å². The van der Waals surface area contributed by atoms with Crippen LogP contribution in [0.1, 0.15) is 23.6 Å². The Hall–Kier alpha value is -1.96. The molecule has 2 rings (SSSR count). The first-order valence-corrected chi connectivity index (χ1v) is 7.22. The minimum atomic E-state index is 0.666. The Balaban J connectivity index is 1.80. The molecule has 2 aromatic rings. The summed E-state index contributed by atoms with van der Waals surface area (Å²) in [5.41, 5.74) is 5.15. The first kappa shape index (κ1) is 14.4. The number of benzene rings is 2. The zero-order chi connectivity index (χ0) is 14.4. The first-order valence-electron chi connectivity index (χ1n) is 7.22. The molecule has 2 heteroatoms. The standard InChI is InChI=1S/C18H23NO/c1-4-16-8-10-17(11-9-16)20-13-12-19-18-7-5-6-14(2)15(18)3/h5-11,19H,4,12-13H2,1-3H3. The molecule has 0 bridgehead atoms. The predicted molar refractivity (Wildman–Crippen MR) is 85.7 cm³/mol. The molecular weight excluding hydrogens is 246 g/mol. The second kappa shape index (κ2) is 6.99. The van der Waals surface area contributed by atoms with Crippen molar-refractivity contribution in [3.63, 3.8) is 0 Å². The van der Waals surface area contributed by atoms with E-state index in [1.54, 1.807) is 0 Å². The smallest absolute Gasteiger partial charge is 0.119 e. The van der Waals surface area contributed by atoms with Crippen molar-refractivity contribution in [3.05, 3.63) is 59.2 Å². The van der Waals surface area contributed by atoms with Gasteiger partial charge < -0.3 is 10.1 Å². The number of aryl methyl sites for hydroxylation is 2. The third-order valence-electron chi connectivity index (χ3n) is 3.62. The van der Waals surface area contributed by atoms with Crippen LogP contribution < -0.4 is 10.1 Å². The highest BCUT2D eigenvalue weighted by Crippen LogP contribution is 2.17. The van der Waals surface area contributed by atoms with Crippen LogP contribution in [0.15, 0.2) is 42.5 Å². The van der Waals surface area contributed by atoms with E-state index in [9.17, 15) is 0 Å². The highest BCUT2D eigenvalue weighted by molar-refractivity contribution is 5.53. The van der Waals surface area contributed by atoms with Gasteiger partial charge in [0.25, 0.3) is 0 Å². The van der Waals surface area contributed by atoms with E-state index < -0.39 is 0 Å². The van der Waals surface area contributed by atoms with Gasteiger partial charge in [-0.1, -0.05) is 31.2 Å². The summed E-state index contributed by atoms with van der Waals surface area (Å²) in [6.07, 6.45) is 1.06. The third kappa shape index (κ3) is 3.77. The lowest BCUT2D eigenvalue weighted by molar-refractivity contribution is 0.333. The Kier molecular flexibility index (Phi) is 5.05. The van der Waals surface area contributed by atoms with Crippen molar-refractivity contribution in [2.45, 2.75) is 27.2 Å². The van der Waals surface area contributed by atoms with Gasteiger partial charge in [-0.15, -0.1) is 0 Å². The van der Waals surface area contributed by atoms with Gasteiger partial charge in [0, 0.05) is 12.2 Å². The highest BCUT2D eigenvalue weighted by Gasteiger charge is 2.00. The van der Waals surface area contributed by atoms with Crippen LogP contribution in [-0.4, -0.2) is 13.2 Å². The highest BCUT2D eigenvalue weighted by atomic mass is 16.5. The maximum absolute atomic E-state index is 5.73. The molecule has 0 saturated heterocycles. The van der Waals surface area contributed by atoms with Gasteiger partial charge in [0.2, 0.25) is 0 Å². The second-order valence-corrected chi connectivity index (χ2v) is 5.02. The zero-order valence-electron chi connectivity index (χ0n) is 12.6. The van der Waals surface area contributed by atoms with Crippen LogP contribution in [0.2, 0.25) is 0 Å². The van der Waals surface area contributed by atoms with Crippen molar-refractivity contribution in [1.82, 2.24) is 0 Å². The summed E-state index contributed by atoms with van der Waals surface area (Å²) >= 11 is 0. The Morgan fingerprint density at radius 2 is 1.75 bits per heavy atom. The minimum absolute atomic E-state index is 0.666. The molecule has 0 heterocycles. The van der Waals surface area contributed by atoms with Crippen molar-refractivity contribution in [2.24, 2.45) is 0 Å². The molecule has 0 atom stereocenters. The molecule has 0 fully saturated rings. The fourth-order valence-electron chi connectivity index (χ4n) is 2.12. The first-order chi connectivity index (χ1) is 9.70. The monoisotopic (exact) mass is 269 g/mol. The maximum Gasteiger partial charge on any atom is 0.119 e. The van der Waals surface area contributed by atoms with E-state index >= 15 is 0 Å². The number of hydrogen-bond donors (Lipinski definition) is 1. The van der Waals surface area contributed by atoms with E-state index in [4.69, 9.17) is 4.74 Å². The molecule has 0 aliphatic rings. The molecule has 0 aromatic heterocycles. The second-order valence-electron chi connectivity index (χ2n) is 5.02. The fraction of sp³-hybridized carbons (Fsp3) is 0.333. The van der Waals surface area contributed by atoms with Crippen LogP contribution in [0, 0.1) is 13.8 Å². The SMILES string of the molecule is CCc1ccc(OCCNc2cccc(C)c2C)cc1. The lowest BCUT2D eigenvalue weighted by Crippen LogP contribution is -2.12. The molecular formula is C18H23NO.